The fourth-order valence-corrected chi connectivity index (χ4v) is 1.80. The smallest absolute Gasteiger partial charge is 0.326 e. The van der Waals surface area contributed by atoms with Crippen LogP contribution < -0.4 is 10.6 Å². The Kier molecular flexibility index (Phi) is 4.54. The number of imidazole rings is 2. The maximum atomic E-state index is 11.8. The molecule has 0 fully saturated rings. The SMILES string of the molecule is CC(NC(=O)N[C@H](Cc1cnc[nH]1)C(=O)O)c1ncc[nH]1. The van der Waals surface area contributed by atoms with Crippen LogP contribution in [0.5, 0.6) is 0 Å². The minimum absolute atomic E-state index is 0.123. The van der Waals surface area contributed by atoms with Crippen molar-refractivity contribution in [3.05, 3.63) is 36.4 Å². The average molecular weight is 292 g/mol. The molecule has 112 valence electrons. The fourth-order valence-electron chi connectivity index (χ4n) is 1.80. The van der Waals surface area contributed by atoms with Crippen molar-refractivity contribution in [1.82, 2.24) is 30.6 Å². The fraction of sp³-hybridized carbons (Fsp3) is 0.333. The van der Waals surface area contributed by atoms with Crippen molar-refractivity contribution in [3.8, 4) is 0 Å². The summed E-state index contributed by atoms with van der Waals surface area (Å²) in [6.45, 7) is 1.74. The van der Waals surface area contributed by atoms with Gasteiger partial charge in [0.2, 0.25) is 0 Å². The van der Waals surface area contributed by atoms with E-state index < -0.39 is 18.0 Å². The van der Waals surface area contributed by atoms with Crippen LogP contribution in [0, 0.1) is 0 Å². The first-order valence-corrected chi connectivity index (χ1v) is 6.32. The molecule has 2 aromatic rings. The summed E-state index contributed by atoms with van der Waals surface area (Å²) in [6, 6.07) is -1.98. The minimum Gasteiger partial charge on any atom is -0.480 e. The number of hydrogen-bond donors (Lipinski definition) is 5. The van der Waals surface area contributed by atoms with Crippen molar-refractivity contribution in [3.63, 3.8) is 0 Å². The third-order valence-corrected chi connectivity index (χ3v) is 2.86. The number of carbonyl (C=O) groups excluding carboxylic acids is 1. The van der Waals surface area contributed by atoms with Crippen LogP contribution in [0.2, 0.25) is 0 Å². The Balaban J connectivity index is 1.90. The van der Waals surface area contributed by atoms with Gasteiger partial charge in [0.1, 0.15) is 11.9 Å². The highest BCUT2D eigenvalue weighted by Gasteiger charge is 2.22. The van der Waals surface area contributed by atoms with Crippen LogP contribution >= 0.6 is 0 Å². The number of aliphatic carboxylic acids is 1. The Morgan fingerprint density at radius 1 is 1.38 bits per heavy atom. The van der Waals surface area contributed by atoms with Crippen LogP contribution in [0.4, 0.5) is 4.79 Å². The Bertz CT molecular complexity index is 580. The second-order valence-electron chi connectivity index (χ2n) is 4.49. The molecule has 1 unspecified atom stereocenters. The standard InChI is InChI=1S/C12H16N6O3/c1-7(10-14-2-3-15-10)17-12(21)18-9(11(19)20)4-8-5-13-6-16-8/h2-3,5-7,9H,4H2,1H3,(H,13,16)(H,14,15)(H,19,20)(H2,17,18,21)/t7?,9-/m1/s1. The van der Waals surface area contributed by atoms with Gasteiger partial charge in [-0.2, -0.15) is 0 Å². The molecule has 2 rings (SSSR count). The number of nitrogens with one attached hydrogen (secondary N) is 4. The number of amides is 2. The van der Waals surface area contributed by atoms with Gasteiger partial charge in [-0.1, -0.05) is 0 Å². The third kappa shape index (κ3) is 4.06. The van der Waals surface area contributed by atoms with Gasteiger partial charge in [0, 0.05) is 30.7 Å². The van der Waals surface area contributed by atoms with Crippen molar-refractivity contribution in [1.29, 1.82) is 0 Å². The van der Waals surface area contributed by atoms with Gasteiger partial charge in [-0.05, 0) is 6.92 Å². The number of H-pyrrole nitrogens is 2. The number of urea groups is 1. The Morgan fingerprint density at radius 2 is 2.19 bits per heavy atom. The molecule has 2 atom stereocenters. The first kappa shape index (κ1) is 14.6. The summed E-state index contributed by atoms with van der Waals surface area (Å²) in [5, 5.41) is 14.2. The van der Waals surface area contributed by atoms with Crippen molar-refractivity contribution in [2.24, 2.45) is 0 Å². The minimum atomic E-state index is -1.12. The van der Waals surface area contributed by atoms with Gasteiger partial charge in [0.05, 0.1) is 12.4 Å². The highest BCUT2D eigenvalue weighted by Crippen LogP contribution is 2.05. The van der Waals surface area contributed by atoms with Crippen LogP contribution in [-0.4, -0.2) is 43.1 Å². The Morgan fingerprint density at radius 3 is 2.76 bits per heavy atom. The van der Waals surface area contributed by atoms with E-state index in [0.29, 0.717) is 11.5 Å². The summed E-state index contributed by atoms with van der Waals surface area (Å²) >= 11 is 0. The molecule has 2 aromatic heterocycles. The molecule has 0 aliphatic carbocycles. The molecule has 0 aliphatic heterocycles. The number of carbonyl (C=O) groups is 2. The van der Waals surface area contributed by atoms with E-state index in [1.54, 1.807) is 19.3 Å². The summed E-state index contributed by atoms with van der Waals surface area (Å²) in [4.78, 5) is 36.5. The van der Waals surface area contributed by atoms with Gasteiger partial charge in [0.15, 0.2) is 0 Å². The molecule has 21 heavy (non-hydrogen) atoms. The zero-order valence-electron chi connectivity index (χ0n) is 11.3. The first-order chi connectivity index (χ1) is 10.1. The summed E-state index contributed by atoms with van der Waals surface area (Å²) in [5.74, 6) is -0.531. The van der Waals surface area contributed by atoms with E-state index in [-0.39, 0.29) is 12.5 Å². The second kappa shape index (κ2) is 6.55. The van der Waals surface area contributed by atoms with Crippen molar-refractivity contribution >= 4 is 12.0 Å². The molecule has 0 bridgehead atoms. The predicted octanol–water partition coefficient (Wildman–Crippen LogP) is 0.189. The predicted molar refractivity (Wildman–Crippen MR) is 72.4 cm³/mol. The Labute approximate surface area is 120 Å². The highest BCUT2D eigenvalue weighted by molar-refractivity contribution is 5.82. The zero-order valence-corrected chi connectivity index (χ0v) is 11.3. The van der Waals surface area contributed by atoms with Gasteiger partial charge in [-0.3, -0.25) is 0 Å². The van der Waals surface area contributed by atoms with E-state index in [2.05, 4.69) is 30.6 Å². The lowest BCUT2D eigenvalue weighted by Gasteiger charge is -2.17. The van der Waals surface area contributed by atoms with Crippen LogP contribution in [0.15, 0.2) is 24.9 Å². The van der Waals surface area contributed by atoms with Crippen molar-refractivity contribution in [2.45, 2.75) is 25.4 Å². The molecule has 9 nitrogen and oxygen atoms in total. The van der Waals surface area contributed by atoms with E-state index in [4.69, 9.17) is 5.11 Å². The molecule has 0 spiro atoms. The average Bonchev–Trinajstić information content (AvgIpc) is 3.10. The third-order valence-electron chi connectivity index (χ3n) is 2.86. The Hall–Kier alpha value is -2.84. The van der Waals surface area contributed by atoms with Crippen LogP contribution in [0.25, 0.3) is 0 Å². The lowest BCUT2D eigenvalue weighted by atomic mass is 10.1. The molecule has 0 saturated heterocycles. The van der Waals surface area contributed by atoms with Crippen molar-refractivity contribution < 1.29 is 14.7 Å². The zero-order chi connectivity index (χ0) is 15.2. The normalized spacial score (nSPS) is 13.4. The summed E-state index contributed by atoms with van der Waals surface area (Å²) in [6.07, 6.45) is 6.31. The molecule has 0 saturated carbocycles. The van der Waals surface area contributed by atoms with E-state index in [0.717, 1.165) is 0 Å². The number of carboxylic acid groups (broad SMARTS) is 1. The molecular formula is C12H16N6O3. The summed E-state index contributed by atoms with van der Waals surface area (Å²) in [5.41, 5.74) is 0.627. The molecule has 0 aliphatic rings. The molecule has 2 heterocycles. The first-order valence-electron chi connectivity index (χ1n) is 6.32. The molecule has 5 N–H and O–H groups in total. The number of aromatic amines is 2. The maximum absolute atomic E-state index is 11.8. The maximum Gasteiger partial charge on any atom is 0.326 e. The molecule has 0 aromatic carbocycles. The lowest BCUT2D eigenvalue weighted by molar-refractivity contribution is -0.139. The van der Waals surface area contributed by atoms with Crippen LogP contribution in [0.3, 0.4) is 0 Å². The second-order valence-corrected chi connectivity index (χ2v) is 4.49. The largest absolute Gasteiger partial charge is 0.480 e. The van der Waals surface area contributed by atoms with E-state index >= 15 is 0 Å². The topological polar surface area (TPSA) is 136 Å². The van der Waals surface area contributed by atoms with Gasteiger partial charge in [0.25, 0.3) is 0 Å². The molecule has 2 amide bonds. The highest BCUT2D eigenvalue weighted by atomic mass is 16.4. The van der Waals surface area contributed by atoms with Gasteiger partial charge >= 0.3 is 12.0 Å². The number of hydrogen-bond acceptors (Lipinski definition) is 4. The van der Waals surface area contributed by atoms with Gasteiger partial charge in [-0.25, -0.2) is 19.6 Å². The van der Waals surface area contributed by atoms with Gasteiger partial charge in [-0.15, -0.1) is 0 Å². The number of rotatable bonds is 6. The molecule has 9 heteroatoms. The number of aromatic nitrogens is 4. The summed E-state index contributed by atoms with van der Waals surface area (Å²) < 4.78 is 0. The van der Waals surface area contributed by atoms with E-state index in [1.165, 1.54) is 12.5 Å². The van der Waals surface area contributed by atoms with E-state index in [9.17, 15) is 9.59 Å². The lowest BCUT2D eigenvalue weighted by Crippen LogP contribution is -2.47. The summed E-state index contributed by atoms with van der Waals surface area (Å²) in [7, 11) is 0. The van der Waals surface area contributed by atoms with Gasteiger partial charge < -0.3 is 25.7 Å². The quantitative estimate of drug-likeness (QED) is 0.517. The number of carboxylic acids is 1. The van der Waals surface area contributed by atoms with Crippen molar-refractivity contribution in [2.75, 3.05) is 0 Å². The van der Waals surface area contributed by atoms with E-state index in [1.807, 2.05) is 0 Å². The van der Waals surface area contributed by atoms with Crippen LogP contribution in [0.1, 0.15) is 24.5 Å². The number of nitrogens with zero attached hydrogens (tertiary/aromatic N) is 2. The molecular weight excluding hydrogens is 276 g/mol. The monoisotopic (exact) mass is 292 g/mol. The van der Waals surface area contributed by atoms with Crippen LogP contribution in [-0.2, 0) is 11.2 Å². The molecule has 0 radical (unpaired) electrons.